The topological polar surface area (TPSA) is 50.7 Å². The Morgan fingerprint density at radius 1 is 1.46 bits per heavy atom. The summed E-state index contributed by atoms with van der Waals surface area (Å²) >= 11 is 3.09. The quantitative estimate of drug-likeness (QED) is 0.847. The van der Waals surface area contributed by atoms with Crippen LogP contribution in [0, 0.1) is 0 Å². The van der Waals surface area contributed by atoms with Crippen LogP contribution in [0.4, 0.5) is 5.13 Å². The van der Waals surface area contributed by atoms with Crippen molar-refractivity contribution < 1.29 is 0 Å². The van der Waals surface area contributed by atoms with Crippen molar-refractivity contribution >= 4 is 27.8 Å². The number of anilines is 1. The second-order valence-electron chi connectivity index (χ2n) is 2.52. The number of nitrogens with one attached hydrogen (secondary N) is 1. The molecule has 0 amide bonds. The van der Waals surface area contributed by atoms with Crippen molar-refractivity contribution in [2.45, 2.75) is 13.0 Å². The molecule has 2 rings (SSSR count). The smallest absolute Gasteiger partial charge is 0.205 e. The highest BCUT2D eigenvalue weighted by atomic mass is 32.1. The number of rotatable bonds is 3. The molecule has 0 radical (unpaired) electrons. The highest BCUT2D eigenvalue weighted by Gasteiger charge is 2.07. The third-order valence-electron chi connectivity index (χ3n) is 1.60. The van der Waals surface area contributed by atoms with Crippen LogP contribution in [-0.4, -0.2) is 15.2 Å². The van der Waals surface area contributed by atoms with Crippen LogP contribution < -0.4 is 5.32 Å². The first-order valence-corrected chi connectivity index (χ1v) is 5.59. The van der Waals surface area contributed by atoms with Gasteiger partial charge in [0.15, 0.2) is 0 Å². The summed E-state index contributed by atoms with van der Waals surface area (Å²) in [6.07, 6.45) is 0. The van der Waals surface area contributed by atoms with E-state index in [0.717, 1.165) is 10.8 Å². The highest BCUT2D eigenvalue weighted by Crippen LogP contribution is 2.19. The van der Waals surface area contributed by atoms with Crippen molar-refractivity contribution in [1.82, 2.24) is 15.2 Å². The zero-order valence-electron chi connectivity index (χ0n) is 6.97. The monoisotopic (exact) mass is 212 g/mol. The lowest BCUT2D eigenvalue weighted by Crippen LogP contribution is -2.06. The van der Waals surface area contributed by atoms with Gasteiger partial charge in [-0.3, -0.25) is 0 Å². The number of thiazole rings is 1. The van der Waals surface area contributed by atoms with E-state index in [1.54, 1.807) is 16.8 Å². The van der Waals surface area contributed by atoms with Gasteiger partial charge in [0.2, 0.25) is 5.13 Å². The number of hydrogen-bond donors (Lipinski definition) is 1. The first kappa shape index (κ1) is 8.58. The summed E-state index contributed by atoms with van der Waals surface area (Å²) in [5.74, 6) is 0. The Bertz CT molecular complexity index is 342. The van der Waals surface area contributed by atoms with Crippen molar-refractivity contribution in [3.05, 3.63) is 22.1 Å². The van der Waals surface area contributed by atoms with Crippen molar-refractivity contribution in [3.63, 3.8) is 0 Å². The van der Waals surface area contributed by atoms with Gasteiger partial charge >= 0.3 is 0 Å². The fourth-order valence-electron chi connectivity index (χ4n) is 0.931. The zero-order valence-corrected chi connectivity index (χ0v) is 8.60. The molecule has 68 valence electrons. The molecular weight excluding hydrogens is 204 g/mol. The Morgan fingerprint density at radius 3 is 3.00 bits per heavy atom. The molecule has 0 aliphatic carbocycles. The third kappa shape index (κ3) is 2.02. The Labute approximate surface area is 83.7 Å². The van der Waals surface area contributed by atoms with Gasteiger partial charge in [0.05, 0.1) is 17.2 Å². The van der Waals surface area contributed by atoms with Crippen LogP contribution in [0.15, 0.2) is 16.4 Å². The predicted molar refractivity (Wildman–Crippen MR) is 54.1 cm³/mol. The van der Waals surface area contributed by atoms with Gasteiger partial charge in [0.25, 0.3) is 0 Å². The largest absolute Gasteiger partial charge is 0.352 e. The molecule has 13 heavy (non-hydrogen) atoms. The summed E-state index contributed by atoms with van der Waals surface area (Å²) < 4.78 is 0. The Kier molecular flexibility index (Phi) is 2.51. The molecule has 1 atom stereocenters. The van der Waals surface area contributed by atoms with Gasteiger partial charge in [-0.15, -0.1) is 21.5 Å². The van der Waals surface area contributed by atoms with Crippen LogP contribution in [0.3, 0.4) is 0 Å². The summed E-state index contributed by atoms with van der Waals surface area (Å²) in [5.41, 5.74) is 4.57. The zero-order chi connectivity index (χ0) is 9.10. The first-order chi connectivity index (χ1) is 6.36. The summed E-state index contributed by atoms with van der Waals surface area (Å²) in [5, 5.41) is 13.7. The molecule has 0 aliphatic rings. The molecule has 0 bridgehead atoms. The van der Waals surface area contributed by atoms with Crippen molar-refractivity contribution in [3.8, 4) is 0 Å². The van der Waals surface area contributed by atoms with Gasteiger partial charge in [-0.2, -0.15) is 0 Å². The number of aromatic nitrogens is 3. The van der Waals surface area contributed by atoms with Crippen LogP contribution in [-0.2, 0) is 0 Å². The summed E-state index contributed by atoms with van der Waals surface area (Å²) in [4.78, 5) is 4.21. The standard InChI is InChI=1S/C7H8N4S2/c1-5(6-2-12-3-8-6)10-7-11-9-4-13-7/h2-5H,1H3,(H,10,11). The normalized spacial score (nSPS) is 12.7. The van der Waals surface area contributed by atoms with E-state index in [2.05, 4.69) is 27.4 Å². The summed E-state index contributed by atoms with van der Waals surface area (Å²) in [6, 6.07) is 0.194. The fraction of sp³-hybridized carbons (Fsp3) is 0.286. The van der Waals surface area contributed by atoms with E-state index in [0.29, 0.717) is 0 Å². The minimum Gasteiger partial charge on any atom is -0.352 e. The maximum atomic E-state index is 4.21. The van der Waals surface area contributed by atoms with E-state index in [4.69, 9.17) is 0 Å². The van der Waals surface area contributed by atoms with E-state index in [-0.39, 0.29) is 6.04 Å². The average molecular weight is 212 g/mol. The highest BCUT2D eigenvalue weighted by molar-refractivity contribution is 7.13. The van der Waals surface area contributed by atoms with Gasteiger partial charge in [-0.05, 0) is 6.92 Å². The van der Waals surface area contributed by atoms with E-state index in [1.165, 1.54) is 11.3 Å². The molecule has 2 aromatic rings. The van der Waals surface area contributed by atoms with Crippen LogP contribution in [0.2, 0.25) is 0 Å². The van der Waals surface area contributed by atoms with E-state index < -0.39 is 0 Å². The second-order valence-corrected chi connectivity index (χ2v) is 4.08. The molecule has 0 spiro atoms. The van der Waals surface area contributed by atoms with Gasteiger partial charge in [-0.25, -0.2) is 4.98 Å². The second kappa shape index (κ2) is 3.80. The van der Waals surface area contributed by atoms with Crippen LogP contribution in [0.5, 0.6) is 0 Å². The van der Waals surface area contributed by atoms with Crippen LogP contribution in [0.25, 0.3) is 0 Å². The molecule has 2 aromatic heterocycles. The molecule has 0 aliphatic heterocycles. The molecular formula is C7H8N4S2. The minimum atomic E-state index is 0.194. The minimum absolute atomic E-state index is 0.194. The lowest BCUT2D eigenvalue weighted by Gasteiger charge is -2.08. The van der Waals surface area contributed by atoms with E-state index in [1.807, 2.05) is 10.9 Å². The Balaban J connectivity index is 2.04. The van der Waals surface area contributed by atoms with Crippen LogP contribution >= 0.6 is 22.7 Å². The van der Waals surface area contributed by atoms with Crippen molar-refractivity contribution in [1.29, 1.82) is 0 Å². The SMILES string of the molecule is CC(Nc1nncs1)c1cscn1. The number of nitrogens with zero attached hydrogens (tertiary/aromatic N) is 3. The van der Waals surface area contributed by atoms with E-state index in [9.17, 15) is 0 Å². The molecule has 4 nitrogen and oxygen atoms in total. The number of hydrogen-bond acceptors (Lipinski definition) is 6. The maximum absolute atomic E-state index is 4.21. The lowest BCUT2D eigenvalue weighted by molar-refractivity contribution is 0.842. The maximum Gasteiger partial charge on any atom is 0.205 e. The molecule has 0 fully saturated rings. The summed E-state index contributed by atoms with van der Waals surface area (Å²) in [6.45, 7) is 2.05. The van der Waals surface area contributed by atoms with Crippen LogP contribution in [0.1, 0.15) is 18.7 Å². The Morgan fingerprint density at radius 2 is 2.38 bits per heavy atom. The third-order valence-corrected chi connectivity index (χ3v) is 2.82. The molecule has 1 unspecified atom stereocenters. The Hall–Kier alpha value is -1.01. The summed E-state index contributed by atoms with van der Waals surface area (Å²) in [7, 11) is 0. The molecule has 0 aromatic carbocycles. The molecule has 6 heteroatoms. The van der Waals surface area contributed by atoms with E-state index >= 15 is 0 Å². The van der Waals surface area contributed by atoms with Gasteiger partial charge in [0, 0.05) is 5.38 Å². The van der Waals surface area contributed by atoms with Crippen molar-refractivity contribution in [2.75, 3.05) is 5.32 Å². The molecule has 0 saturated carbocycles. The van der Waals surface area contributed by atoms with Gasteiger partial charge in [0.1, 0.15) is 5.51 Å². The molecule has 0 saturated heterocycles. The average Bonchev–Trinajstić information content (AvgIpc) is 2.74. The first-order valence-electron chi connectivity index (χ1n) is 3.77. The van der Waals surface area contributed by atoms with Gasteiger partial charge in [-0.1, -0.05) is 11.3 Å². The molecule has 1 N–H and O–H groups in total. The predicted octanol–water partition coefficient (Wildman–Crippen LogP) is 2.17. The van der Waals surface area contributed by atoms with Gasteiger partial charge < -0.3 is 5.32 Å². The fourth-order valence-corrected chi connectivity index (χ4v) is 2.11. The van der Waals surface area contributed by atoms with Crippen molar-refractivity contribution in [2.24, 2.45) is 0 Å². The molecule has 2 heterocycles. The lowest BCUT2D eigenvalue weighted by atomic mass is 10.3.